The number of amides is 2. The van der Waals surface area contributed by atoms with Crippen LogP contribution in [0.5, 0.6) is 11.5 Å². The highest BCUT2D eigenvalue weighted by Gasteiger charge is 2.43. The van der Waals surface area contributed by atoms with Crippen molar-refractivity contribution in [3.63, 3.8) is 0 Å². The molecule has 2 aliphatic heterocycles. The van der Waals surface area contributed by atoms with Gasteiger partial charge in [-0.1, -0.05) is 23.4 Å². The lowest BCUT2D eigenvalue weighted by Crippen LogP contribution is -2.41. The molecule has 0 spiro atoms. The van der Waals surface area contributed by atoms with Crippen LogP contribution in [0.4, 0.5) is 19.4 Å². The largest absolute Gasteiger partial charge is 0.586 e. The molecule has 0 saturated carbocycles. The number of hydrogen-bond donors (Lipinski definition) is 1. The van der Waals surface area contributed by atoms with Crippen molar-refractivity contribution in [3.05, 3.63) is 48.0 Å². The Labute approximate surface area is 170 Å². The lowest BCUT2D eigenvalue weighted by molar-refractivity contribution is -0.286. The molecule has 9 heteroatoms. The zero-order valence-corrected chi connectivity index (χ0v) is 15.9. The molecule has 0 radical (unpaired) electrons. The van der Waals surface area contributed by atoms with E-state index in [9.17, 15) is 13.6 Å². The van der Waals surface area contributed by atoms with Gasteiger partial charge in [0.05, 0.1) is 5.39 Å². The Hall–Kier alpha value is -3.36. The van der Waals surface area contributed by atoms with E-state index in [2.05, 4.69) is 19.9 Å². The van der Waals surface area contributed by atoms with Gasteiger partial charge in [0.2, 0.25) is 0 Å². The van der Waals surface area contributed by atoms with Gasteiger partial charge in [-0.3, -0.25) is 5.32 Å². The van der Waals surface area contributed by atoms with Gasteiger partial charge in [0.1, 0.15) is 0 Å². The minimum absolute atomic E-state index is 0.0515. The van der Waals surface area contributed by atoms with Crippen LogP contribution < -0.4 is 14.8 Å². The molecule has 30 heavy (non-hydrogen) atoms. The summed E-state index contributed by atoms with van der Waals surface area (Å²) < 4.78 is 40.5. The molecule has 2 aliphatic rings. The first-order chi connectivity index (χ1) is 14.5. The van der Waals surface area contributed by atoms with Crippen LogP contribution in [0.15, 0.2) is 47.0 Å². The van der Waals surface area contributed by atoms with Crippen molar-refractivity contribution in [2.45, 2.75) is 25.6 Å². The second-order valence-corrected chi connectivity index (χ2v) is 7.54. The van der Waals surface area contributed by atoms with Crippen LogP contribution in [0.3, 0.4) is 0 Å². The lowest BCUT2D eigenvalue weighted by atomic mass is 9.90. The maximum atomic E-state index is 13.2. The number of nitrogens with zero attached hydrogens (tertiary/aromatic N) is 2. The predicted octanol–water partition coefficient (Wildman–Crippen LogP) is 4.64. The fourth-order valence-corrected chi connectivity index (χ4v) is 3.95. The third-order valence-corrected chi connectivity index (χ3v) is 5.49. The van der Waals surface area contributed by atoms with Crippen LogP contribution in [0.2, 0.25) is 0 Å². The number of carbonyl (C=O) groups excluding carboxylic acids is 1. The summed E-state index contributed by atoms with van der Waals surface area (Å²) in [5, 5.41) is 7.50. The van der Waals surface area contributed by atoms with Gasteiger partial charge in [0.15, 0.2) is 22.9 Å². The summed E-state index contributed by atoms with van der Waals surface area (Å²) in [6, 6.07) is 12.0. The lowest BCUT2D eigenvalue weighted by Gasteiger charge is -2.31. The van der Waals surface area contributed by atoms with Gasteiger partial charge in [0.25, 0.3) is 0 Å². The summed E-state index contributed by atoms with van der Waals surface area (Å²) in [5.74, 6) is 0.877. The standard InChI is InChI=1S/C21H19F2N3O4/c22-21(23)28-17-6-5-14(12-18(17)29-21)11-13-7-9-26(10-8-13)20(27)24-19-15-3-1-2-4-16(15)30-25-19/h1-6,12-13H,7-11H2,(H,24,25,27). The van der Waals surface area contributed by atoms with Gasteiger partial charge < -0.3 is 18.9 Å². The number of para-hydroxylation sites is 1. The quantitative estimate of drug-likeness (QED) is 0.675. The first-order valence-electron chi connectivity index (χ1n) is 9.76. The molecule has 1 aromatic heterocycles. The molecule has 2 amide bonds. The minimum atomic E-state index is -3.60. The van der Waals surface area contributed by atoms with E-state index in [4.69, 9.17) is 4.52 Å². The number of rotatable bonds is 3. The van der Waals surface area contributed by atoms with E-state index in [1.165, 1.54) is 6.07 Å². The van der Waals surface area contributed by atoms with Gasteiger partial charge >= 0.3 is 12.3 Å². The summed E-state index contributed by atoms with van der Waals surface area (Å²) in [5.41, 5.74) is 1.53. The molecule has 0 aliphatic carbocycles. The molecule has 156 valence electrons. The Bertz CT molecular complexity index is 1090. The third-order valence-electron chi connectivity index (χ3n) is 5.49. The van der Waals surface area contributed by atoms with Crippen molar-refractivity contribution >= 4 is 22.8 Å². The van der Waals surface area contributed by atoms with Gasteiger partial charge in [-0.2, -0.15) is 0 Å². The van der Waals surface area contributed by atoms with Crippen LogP contribution >= 0.6 is 0 Å². The summed E-state index contributed by atoms with van der Waals surface area (Å²) in [6.07, 6.45) is -1.24. The molecular weight excluding hydrogens is 396 g/mol. The van der Waals surface area contributed by atoms with Crippen molar-refractivity contribution in [2.24, 2.45) is 5.92 Å². The normalized spacial score (nSPS) is 18.0. The van der Waals surface area contributed by atoms with Crippen molar-refractivity contribution in [3.8, 4) is 11.5 Å². The van der Waals surface area contributed by atoms with Crippen LogP contribution in [0.1, 0.15) is 18.4 Å². The van der Waals surface area contributed by atoms with E-state index in [1.807, 2.05) is 18.2 Å². The third kappa shape index (κ3) is 3.62. The van der Waals surface area contributed by atoms with Crippen molar-refractivity contribution in [2.75, 3.05) is 18.4 Å². The predicted molar refractivity (Wildman–Crippen MR) is 104 cm³/mol. The SMILES string of the molecule is O=C(Nc1noc2ccccc12)N1CCC(Cc2ccc3c(c2)OC(F)(F)O3)CC1. The fraction of sp³-hybridized carbons (Fsp3) is 0.333. The topological polar surface area (TPSA) is 76.8 Å². The molecule has 7 nitrogen and oxygen atoms in total. The number of halogens is 2. The smallest absolute Gasteiger partial charge is 0.395 e. The van der Waals surface area contributed by atoms with Crippen LogP contribution in [-0.4, -0.2) is 35.5 Å². The van der Waals surface area contributed by atoms with E-state index in [-0.39, 0.29) is 17.5 Å². The molecule has 0 atom stereocenters. The van der Waals surface area contributed by atoms with E-state index >= 15 is 0 Å². The monoisotopic (exact) mass is 415 g/mol. The molecule has 1 saturated heterocycles. The van der Waals surface area contributed by atoms with E-state index in [0.717, 1.165) is 30.2 Å². The Morgan fingerprint density at radius 1 is 1.13 bits per heavy atom. The highest BCUT2D eigenvalue weighted by atomic mass is 19.3. The molecule has 2 aromatic carbocycles. The van der Waals surface area contributed by atoms with Crippen molar-refractivity contribution < 1.29 is 27.6 Å². The number of alkyl halides is 2. The van der Waals surface area contributed by atoms with Gasteiger partial charge in [0, 0.05) is 13.1 Å². The highest BCUT2D eigenvalue weighted by Crippen LogP contribution is 2.41. The number of nitrogens with one attached hydrogen (secondary N) is 1. The summed E-state index contributed by atoms with van der Waals surface area (Å²) in [7, 11) is 0. The fourth-order valence-electron chi connectivity index (χ4n) is 3.95. The number of benzene rings is 2. The van der Waals surface area contributed by atoms with Crippen molar-refractivity contribution in [1.29, 1.82) is 0 Å². The number of likely N-dealkylation sites (tertiary alicyclic amines) is 1. The second kappa shape index (κ2) is 7.16. The zero-order chi connectivity index (χ0) is 20.7. The maximum Gasteiger partial charge on any atom is 0.586 e. The number of hydrogen-bond acceptors (Lipinski definition) is 5. The van der Waals surface area contributed by atoms with Gasteiger partial charge in [-0.05, 0) is 55.0 Å². The maximum absolute atomic E-state index is 13.2. The molecule has 0 bridgehead atoms. The number of ether oxygens (including phenoxy) is 2. The Balaban J connectivity index is 1.16. The minimum Gasteiger partial charge on any atom is -0.395 e. The van der Waals surface area contributed by atoms with Gasteiger partial charge in [-0.25, -0.2) is 4.79 Å². The highest BCUT2D eigenvalue weighted by molar-refractivity contribution is 5.98. The van der Waals surface area contributed by atoms with Crippen molar-refractivity contribution in [1.82, 2.24) is 10.1 Å². The molecule has 1 N–H and O–H groups in total. The van der Waals surface area contributed by atoms with Crippen LogP contribution in [0.25, 0.3) is 11.0 Å². The number of fused-ring (bicyclic) bond motifs is 2. The molecular formula is C21H19F2N3O4. The number of urea groups is 1. The molecule has 1 fully saturated rings. The Kier molecular flexibility index (Phi) is 4.45. The first kappa shape index (κ1) is 18.7. The van der Waals surface area contributed by atoms with Crippen LogP contribution in [0, 0.1) is 5.92 Å². The van der Waals surface area contributed by atoms with E-state index in [1.54, 1.807) is 23.1 Å². The number of carbonyl (C=O) groups is 1. The van der Waals surface area contributed by atoms with E-state index < -0.39 is 6.29 Å². The molecule has 3 aromatic rings. The second-order valence-electron chi connectivity index (χ2n) is 7.54. The summed E-state index contributed by atoms with van der Waals surface area (Å²) >= 11 is 0. The summed E-state index contributed by atoms with van der Waals surface area (Å²) in [4.78, 5) is 14.3. The Morgan fingerprint density at radius 3 is 2.73 bits per heavy atom. The average Bonchev–Trinajstić information content (AvgIpc) is 3.27. The number of anilines is 1. The average molecular weight is 415 g/mol. The number of piperidine rings is 1. The molecule has 3 heterocycles. The summed E-state index contributed by atoms with van der Waals surface area (Å²) in [6.45, 7) is 1.21. The molecule has 0 unspecified atom stereocenters. The van der Waals surface area contributed by atoms with Gasteiger partial charge in [-0.15, -0.1) is 8.78 Å². The first-order valence-corrected chi connectivity index (χ1v) is 9.76. The molecule has 5 rings (SSSR count). The Morgan fingerprint density at radius 2 is 1.90 bits per heavy atom. The van der Waals surface area contributed by atoms with E-state index in [0.29, 0.717) is 30.4 Å². The zero-order valence-electron chi connectivity index (χ0n) is 15.9. The number of aromatic nitrogens is 1. The van der Waals surface area contributed by atoms with Crippen LogP contribution in [-0.2, 0) is 6.42 Å².